The van der Waals surface area contributed by atoms with Gasteiger partial charge in [-0.3, -0.25) is 19.3 Å². The monoisotopic (exact) mass is 386 g/mol. The molecular weight excluding hydrogens is 360 g/mol. The fourth-order valence-corrected chi connectivity index (χ4v) is 3.15. The second kappa shape index (κ2) is 8.82. The molecule has 0 aromatic heterocycles. The predicted molar refractivity (Wildman–Crippen MR) is 104 cm³/mol. The maximum Gasteiger partial charge on any atom is 0.330 e. The standard InChI is InChI=1S/C21H26N2O5/c1-6-22(11-13(2)3)17(24)12-28-21(27)18(14(4)5)23-19(25)15-9-7-8-10-16(15)20(23)26/h7-10,14,18H,2,6,11-12H2,1,3-5H3. The quantitative estimate of drug-likeness (QED) is 0.389. The van der Waals surface area contributed by atoms with Crippen LogP contribution in [-0.2, 0) is 14.3 Å². The summed E-state index contributed by atoms with van der Waals surface area (Å²) < 4.78 is 5.19. The number of carbonyl (C=O) groups is 4. The Balaban J connectivity index is 2.14. The van der Waals surface area contributed by atoms with E-state index in [9.17, 15) is 19.2 Å². The first-order chi connectivity index (χ1) is 13.2. The van der Waals surface area contributed by atoms with Crippen LogP contribution in [0.4, 0.5) is 0 Å². The smallest absolute Gasteiger partial charge is 0.330 e. The van der Waals surface area contributed by atoms with Crippen LogP contribution in [0.3, 0.4) is 0 Å². The van der Waals surface area contributed by atoms with Crippen LogP contribution in [0.25, 0.3) is 0 Å². The highest BCUT2D eigenvalue weighted by Crippen LogP contribution is 2.27. The zero-order chi connectivity index (χ0) is 21.0. The summed E-state index contributed by atoms with van der Waals surface area (Å²) in [4.78, 5) is 52.8. The van der Waals surface area contributed by atoms with E-state index in [2.05, 4.69) is 6.58 Å². The summed E-state index contributed by atoms with van der Waals surface area (Å²) in [5.74, 6) is -2.56. The number of nitrogens with zero attached hydrogens (tertiary/aromatic N) is 2. The molecule has 1 aromatic carbocycles. The molecule has 1 aromatic rings. The first-order valence-corrected chi connectivity index (χ1v) is 9.24. The number of hydrogen-bond acceptors (Lipinski definition) is 5. The van der Waals surface area contributed by atoms with Crippen LogP contribution in [0.5, 0.6) is 0 Å². The van der Waals surface area contributed by atoms with Crippen molar-refractivity contribution in [2.24, 2.45) is 5.92 Å². The SMILES string of the molecule is C=C(C)CN(CC)C(=O)COC(=O)C(C(C)C)N1C(=O)c2ccccc2C1=O. The highest BCUT2D eigenvalue weighted by molar-refractivity contribution is 6.22. The van der Waals surface area contributed by atoms with Crippen molar-refractivity contribution in [1.82, 2.24) is 9.80 Å². The van der Waals surface area contributed by atoms with E-state index in [0.29, 0.717) is 13.1 Å². The summed E-state index contributed by atoms with van der Waals surface area (Å²) in [6.07, 6.45) is 0. The van der Waals surface area contributed by atoms with Gasteiger partial charge in [-0.05, 0) is 31.9 Å². The lowest BCUT2D eigenvalue weighted by Crippen LogP contribution is -2.49. The van der Waals surface area contributed by atoms with Crippen molar-refractivity contribution in [3.63, 3.8) is 0 Å². The second-order valence-electron chi connectivity index (χ2n) is 7.19. The van der Waals surface area contributed by atoms with Crippen LogP contribution in [-0.4, -0.2) is 59.2 Å². The van der Waals surface area contributed by atoms with Crippen molar-refractivity contribution in [3.8, 4) is 0 Å². The van der Waals surface area contributed by atoms with Gasteiger partial charge in [0.25, 0.3) is 17.7 Å². The average molecular weight is 386 g/mol. The number of rotatable bonds is 8. The Labute approximate surface area is 164 Å². The van der Waals surface area contributed by atoms with Gasteiger partial charge in [0.2, 0.25) is 0 Å². The van der Waals surface area contributed by atoms with E-state index >= 15 is 0 Å². The molecule has 150 valence electrons. The van der Waals surface area contributed by atoms with Crippen LogP contribution in [0.15, 0.2) is 36.4 Å². The molecule has 0 spiro atoms. The molecule has 0 bridgehead atoms. The summed E-state index contributed by atoms with van der Waals surface area (Å²) in [5.41, 5.74) is 1.34. The molecule has 0 fully saturated rings. The molecule has 1 unspecified atom stereocenters. The van der Waals surface area contributed by atoms with Gasteiger partial charge in [0.1, 0.15) is 6.04 Å². The molecular formula is C21H26N2O5. The molecule has 28 heavy (non-hydrogen) atoms. The highest BCUT2D eigenvalue weighted by atomic mass is 16.5. The highest BCUT2D eigenvalue weighted by Gasteiger charge is 2.44. The lowest BCUT2D eigenvalue weighted by molar-refractivity contribution is -0.156. The van der Waals surface area contributed by atoms with E-state index in [0.717, 1.165) is 10.5 Å². The third-order valence-electron chi connectivity index (χ3n) is 4.51. The Kier molecular flexibility index (Phi) is 6.72. The van der Waals surface area contributed by atoms with Gasteiger partial charge >= 0.3 is 5.97 Å². The normalized spacial score (nSPS) is 14.1. The summed E-state index contributed by atoms with van der Waals surface area (Å²) in [6.45, 7) is 11.2. The van der Waals surface area contributed by atoms with Crippen LogP contribution >= 0.6 is 0 Å². The molecule has 1 aliphatic heterocycles. The van der Waals surface area contributed by atoms with Gasteiger partial charge in [-0.2, -0.15) is 0 Å². The van der Waals surface area contributed by atoms with Gasteiger partial charge in [0, 0.05) is 13.1 Å². The Morgan fingerprint density at radius 2 is 1.68 bits per heavy atom. The summed E-state index contributed by atoms with van der Waals surface area (Å²) in [7, 11) is 0. The predicted octanol–water partition coefficient (Wildman–Crippen LogP) is 2.27. The van der Waals surface area contributed by atoms with Crippen molar-refractivity contribution in [3.05, 3.63) is 47.5 Å². The van der Waals surface area contributed by atoms with Gasteiger partial charge in [-0.1, -0.05) is 38.1 Å². The molecule has 0 radical (unpaired) electrons. The summed E-state index contributed by atoms with van der Waals surface area (Å²) in [6, 6.07) is 5.33. The number of hydrogen-bond donors (Lipinski definition) is 0. The molecule has 0 saturated heterocycles. The van der Waals surface area contributed by atoms with Gasteiger partial charge in [-0.25, -0.2) is 4.79 Å². The van der Waals surface area contributed by atoms with Crippen LogP contribution in [0.1, 0.15) is 48.4 Å². The van der Waals surface area contributed by atoms with Crippen molar-refractivity contribution in [1.29, 1.82) is 0 Å². The zero-order valence-electron chi connectivity index (χ0n) is 16.7. The molecule has 1 atom stereocenters. The van der Waals surface area contributed by atoms with E-state index < -0.39 is 30.4 Å². The maximum absolute atomic E-state index is 12.7. The molecule has 1 aliphatic rings. The van der Waals surface area contributed by atoms with E-state index in [1.54, 1.807) is 45.0 Å². The lowest BCUT2D eigenvalue weighted by Gasteiger charge is -2.28. The van der Waals surface area contributed by atoms with Crippen molar-refractivity contribution >= 4 is 23.7 Å². The molecule has 0 saturated carbocycles. The fraction of sp³-hybridized carbons (Fsp3) is 0.429. The van der Waals surface area contributed by atoms with Gasteiger partial charge < -0.3 is 9.64 Å². The van der Waals surface area contributed by atoms with Crippen molar-refractivity contribution in [2.75, 3.05) is 19.7 Å². The molecule has 1 heterocycles. The number of fused-ring (bicyclic) bond motifs is 1. The Morgan fingerprint density at radius 1 is 1.14 bits per heavy atom. The van der Waals surface area contributed by atoms with Gasteiger partial charge in [0.05, 0.1) is 11.1 Å². The largest absolute Gasteiger partial charge is 0.454 e. The van der Waals surface area contributed by atoms with E-state index in [-0.39, 0.29) is 23.0 Å². The number of carbonyl (C=O) groups excluding carboxylic acids is 4. The molecule has 0 N–H and O–H groups in total. The lowest BCUT2D eigenvalue weighted by atomic mass is 10.0. The third-order valence-corrected chi connectivity index (χ3v) is 4.51. The number of benzene rings is 1. The summed E-state index contributed by atoms with van der Waals surface area (Å²) >= 11 is 0. The van der Waals surface area contributed by atoms with Crippen LogP contribution < -0.4 is 0 Å². The van der Waals surface area contributed by atoms with Crippen LogP contribution in [0, 0.1) is 5.92 Å². The zero-order valence-corrected chi connectivity index (χ0v) is 16.7. The Hall–Kier alpha value is -2.96. The first kappa shape index (κ1) is 21.3. The topological polar surface area (TPSA) is 84.0 Å². The number of amides is 3. The minimum Gasteiger partial charge on any atom is -0.454 e. The van der Waals surface area contributed by atoms with Gasteiger partial charge in [-0.15, -0.1) is 0 Å². The minimum absolute atomic E-state index is 0.264. The van der Waals surface area contributed by atoms with E-state index in [1.807, 2.05) is 6.92 Å². The third kappa shape index (κ3) is 4.30. The molecule has 3 amide bonds. The number of ether oxygens (including phenoxy) is 1. The molecule has 2 rings (SSSR count). The number of imide groups is 1. The number of likely N-dealkylation sites (N-methyl/N-ethyl adjacent to an activating group) is 1. The number of esters is 1. The van der Waals surface area contributed by atoms with E-state index in [1.165, 1.54) is 4.90 Å². The molecule has 7 heteroatoms. The first-order valence-electron chi connectivity index (χ1n) is 9.24. The average Bonchev–Trinajstić information content (AvgIpc) is 2.89. The fourth-order valence-electron chi connectivity index (χ4n) is 3.15. The van der Waals surface area contributed by atoms with Crippen molar-refractivity contribution in [2.45, 2.75) is 33.7 Å². The second-order valence-corrected chi connectivity index (χ2v) is 7.19. The van der Waals surface area contributed by atoms with Crippen LogP contribution in [0.2, 0.25) is 0 Å². The van der Waals surface area contributed by atoms with Gasteiger partial charge in [0.15, 0.2) is 6.61 Å². The summed E-state index contributed by atoms with van der Waals surface area (Å²) in [5, 5.41) is 0. The minimum atomic E-state index is -1.10. The Bertz CT molecular complexity index is 780. The Morgan fingerprint density at radius 3 is 2.11 bits per heavy atom. The molecule has 7 nitrogen and oxygen atoms in total. The van der Waals surface area contributed by atoms with E-state index in [4.69, 9.17) is 4.74 Å². The molecule has 0 aliphatic carbocycles. The maximum atomic E-state index is 12.7. The van der Waals surface area contributed by atoms with Crippen molar-refractivity contribution < 1.29 is 23.9 Å².